The number of rotatable bonds is 3. The highest BCUT2D eigenvalue weighted by molar-refractivity contribution is 5.75. The van der Waals surface area contributed by atoms with E-state index in [1.807, 2.05) is 19.1 Å². The van der Waals surface area contributed by atoms with Gasteiger partial charge in [-0.1, -0.05) is 6.07 Å². The van der Waals surface area contributed by atoms with Crippen molar-refractivity contribution in [2.45, 2.75) is 31.3 Å². The lowest BCUT2D eigenvalue weighted by atomic mass is 9.94. The third-order valence-corrected chi connectivity index (χ3v) is 2.94. The van der Waals surface area contributed by atoms with E-state index in [1.54, 1.807) is 6.07 Å². The number of carbonyl (C=O) groups is 1. The highest BCUT2D eigenvalue weighted by atomic mass is 16.4. The SMILES string of the molecule is Cc1cccc(C2(C(O)C(=O)O)CC2)n1. The van der Waals surface area contributed by atoms with Crippen molar-refractivity contribution >= 4 is 5.97 Å². The second-order valence-electron chi connectivity index (χ2n) is 4.06. The fourth-order valence-corrected chi connectivity index (χ4v) is 1.86. The van der Waals surface area contributed by atoms with Crippen LogP contribution in [-0.4, -0.2) is 27.3 Å². The van der Waals surface area contributed by atoms with Crippen LogP contribution in [0.3, 0.4) is 0 Å². The molecule has 1 unspecified atom stereocenters. The predicted molar refractivity (Wildman–Crippen MR) is 53.5 cm³/mol. The Morgan fingerprint density at radius 3 is 2.67 bits per heavy atom. The quantitative estimate of drug-likeness (QED) is 0.771. The normalized spacial score (nSPS) is 19.6. The Kier molecular flexibility index (Phi) is 2.23. The molecule has 1 atom stereocenters. The molecule has 1 saturated carbocycles. The van der Waals surface area contributed by atoms with Crippen LogP contribution < -0.4 is 0 Å². The lowest BCUT2D eigenvalue weighted by molar-refractivity contribution is -0.148. The predicted octanol–water partition coefficient (Wildman–Crippen LogP) is 0.867. The monoisotopic (exact) mass is 207 g/mol. The zero-order valence-corrected chi connectivity index (χ0v) is 8.47. The minimum absolute atomic E-state index is 0.641. The van der Waals surface area contributed by atoms with Gasteiger partial charge >= 0.3 is 5.97 Å². The fourth-order valence-electron chi connectivity index (χ4n) is 1.86. The second kappa shape index (κ2) is 3.31. The topological polar surface area (TPSA) is 70.4 Å². The van der Waals surface area contributed by atoms with E-state index in [0.717, 1.165) is 5.69 Å². The number of hydrogen-bond donors (Lipinski definition) is 2. The van der Waals surface area contributed by atoms with Crippen LogP contribution in [0.15, 0.2) is 18.2 Å². The van der Waals surface area contributed by atoms with Crippen LogP contribution >= 0.6 is 0 Å². The van der Waals surface area contributed by atoms with Crippen molar-refractivity contribution in [1.29, 1.82) is 0 Å². The van der Waals surface area contributed by atoms with Gasteiger partial charge in [-0.2, -0.15) is 0 Å². The van der Waals surface area contributed by atoms with Crippen molar-refractivity contribution in [2.75, 3.05) is 0 Å². The molecule has 0 bridgehead atoms. The maximum atomic E-state index is 10.8. The van der Waals surface area contributed by atoms with Gasteiger partial charge in [0.1, 0.15) is 0 Å². The second-order valence-corrected chi connectivity index (χ2v) is 4.06. The van der Waals surface area contributed by atoms with Gasteiger partial charge < -0.3 is 10.2 Å². The van der Waals surface area contributed by atoms with Crippen LogP contribution in [0, 0.1) is 6.92 Å². The van der Waals surface area contributed by atoms with E-state index in [2.05, 4.69) is 4.98 Å². The van der Waals surface area contributed by atoms with Crippen molar-refractivity contribution in [3.05, 3.63) is 29.6 Å². The Bertz CT molecular complexity index is 399. The van der Waals surface area contributed by atoms with Gasteiger partial charge in [-0.3, -0.25) is 4.98 Å². The van der Waals surface area contributed by atoms with Crippen molar-refractivity contribution in [3.63, 3.8) is 0 Å². The zero-order chi connectivity index (χ0) is 11.1. The van der Waals surface area contributed by atoms with Crippen LogP contribution in [0.25, 0.3) is 0 Å². The smallest absolute Gasteiger partial charge is 0.333 e. The van der Waals surface area contributed by atoms with E-state index in [1.165, 1.54) is 0 Å². The molecule has 80 valence electrons. The lowest BCUT2D eigenvalue weighted by Crippen LogP contribution is -2.34. The summed E-state index contributed by atoms with van der Waals surface area (Å²) in [5.74, 6) is -1.17. The standard InChI is InChI=1S/C11H13NO3/c1-7-3-2-4-8(12-7)11(5-6-11)9(13)10(14)15/h2-4,9,13H,5-6H2,1H3,(H,14,15). The minimum Gasteiger partial charge on any atom is -0.479 e. The van der Waals surface area contributed by atoms with Crippen molar-refractivity contribution in [3.8, 4) is 0 Å². The van der Waals surface area contributed by atoms with E-state index in [4.69, 9.17) is 5.11 Å². The molecule has 0 aliphatic heterocycles. The van der Waals surface area contributed by atoms with Crippen molar-refractivity contribution < 1.29 is 15.0 Å². The number of aliphatic hydroxyl groups is 1. The number of aliphatic hydroxyl groups excluding tert-OH is 1. The Hall–Kier alpha value is -1.42. The molecule has 2 rings (SSSR count). The first-order valence-electron chi connectivity index (χ1n) is 4.91. The molecule has 1 fully saturated rings. The zero-order valence-electron chi connectivity index (χ0n) is 8.47. The fraction of sp³-hybridized carbons (Fsp3) is 0.455. The van der Waals surface area contributed by atoms with Crippen LogP contribution in [0.1, 0.15) is 24.2 Å². The highest BCUT2D eigenvalue weighted by Crippen LogP contribution is 2.50. The van der Waals surface area contributed by atoms with Gasteiger partial charge in [-0.05, 0) is 31.9 Å². The first kappa shape index (κ1) is 10.1. The van der Waals surface area contributed by atoms with Gasteiger partial charge in [-0.25, -0.2) is 4.79 Å². The lowest BCUT2D eigenvalue weighted by Gasteiger charge is -2.18. The number of nitrogens with zero attached hydrogens (tertiary/aromatic N) is 1. The average Bonchev–Trinajstić information content (AvgIpc) is 2.97. The summed E-state index contributed by atoms with van der Waals surface area (Å²) in [6, 6.07) is 5.48. The molecular formula is C11H13NO3. The van der Waals surface area contributed by atoms with Crippen molar-refractivity contribution in [1.82, 2.24) is 4.98 Å². The van der Waals surface area contributed by atoms with Crippen molar-refractivity contribution in [2.24, 2.45) is 0 Å². The van der Waals surface area contributed by atoms with Gasteiger partial charge in [0, 0.05) is 11.1 Å². The minimum atomic E-state index is -1.34. The summed E-state index contributed by atoms with van der Waals surface area (Å²) in [6.45, 7) is 1.85. The molecule has 0 saturated heterocycles. The number of hydrogen-bond acceptors (Lipinski definition) is 3. The first-order chi connectivity index (χ1) is 7.06. The third kappa shape index (κ3) is 1.61. The van der Waals surface area contributed by atoms with Crippen LogP contribution in [0.2, 0.25) is 0 Å². The molecule has 1 aromatic heterocycles. The summed E-state index contributed by atoms with van der Waals surface area (Å²) in [5.41, 5.74) is 0.895. The van der Waals surface area contributed by atoms with Gasteiger partial charge in [0.15, 0.2) is 6.10 Å². The van der Waals surface area contributed by atoms with E-state index in [9.17, 15) is 9.90 Å². The maximum Gasteiger partial charge on any atom is 0.333 e. The molecule has 0 radical (unpaired) electrons. The summed E-state index contributed by atoms with van der Waals surface area (Å²) in [6.07, 6.45) is 0.0419. The first-order valence-corrected chi connectivity index (χ1v) is 4.91. The molecule has 0 spiro atoms. The van der Waals surface area contributed by atoms with Crippen LogP contribution in [0.5, 0.6) is 0 Å². The van der Waals surface area contributed by atoms with Gasteiger partial charge in [0.25, 0.3) is 0 Å². The molecule has 1 aliphatic rings. The average molecular weight is 207 g/mol. The molecule has 15 heavy (non-hydrogen) atoms. The largest absolute Gasteiger partial charge is 0.479 e. The number of carboxylic acids is 1. The van der Waals surface area contributed by atoms with E-state index < -0.39 is 17.5 Å². The molecule has 2 N–H and O–H groups in total. The Morgan fingerprint density at radius 1 is 1.53 bits per heavy atom. The molecular weight excluding hydrogens is 194 g/mol. The molecule has 0 aromatic carbocycles. The Morgan fingerprint density at radius 2 is 2.20 bits per heavy atom. The number of pyridine rings is 1. The Labute approximate surface area is 87.6 Å². The van der Waals surface area contributed by atoms with E-state index in [-0.39, 0.29) is 0 Å². The van der Waals surface area contributed by atoms with Gasteiger partial charge in [0.05, 0.1) is 5.69 Å². The van der Waals surface area contributed by atoms with E-state index in [0.29, 0.717) is 18.5 Å². The summed E-state index contributed by atoms with van der Waals surface area (Å²) in [4.78, 5) is 15.1. The third-order valence-electron chi connectivity index (χ3n) is 2.94. The van der Waals surface area contributed by atoms with Gasteiger partial charge in [0.2, 0.25) is 0 Å². The summed E-state index contributed by atoms with van der Waals surface area (Å²) >= 11 is 0. The van der Waals surface area contributed by atoms with E-state index >= 15 is 0 Å². The molecule has 1 aliphatic carbocycles. The number of carboxylic acid groups (broad SMARTS) is 1. The number of aromatic nitrogens is 1. The van der Waals surface area contributed by atoms with Gasteiger partial charge in [-0.15, -0.1) is 0 Å². The summed E-state index contributed by atoms with van der Waals surface area (Å²) in [7, 11) is 0. The maximum absolute atomic E-state index is 10.8. The molecule has 1 heterocycles. The summed E-state index contributed by atoms with van der Waals surface area (Å²) in [5, 5.41) is 18.4. The van der Waals surface area contributed by atoms with Crippen LogP contribution in [-0.2, 0) is 10.2 Å². The highest BCUT2D eigenvalue weighted by Gasteiger charge is 2.54. The molecule has 4 heteroatoms. The number of aliphatic carboxylic acids is 1. The molecule has 1 aromatic rings. The van der Waals surface area contributed by atoms with Crippen LogP contribution in [0.4, 0.5) is 0 Å². The molecule has 0 amide bonds. The summed E-state index contributed by atoms with van der Waals surface area (Å²) < 4.78 is 0. The Balaban J connectivity index is 2.34. The number of aryl methyl sites for hydroxylation is 1. The molecule has 4 nitrogen and oxygen atoms in total.